The zero-order chi connectivity index (χ0) is 14.7. The van der Waals surface area contributed by atoms with Crippen LogP contribution >= 0.6 is 63.7 Å². The van der Waals surface area contributed by atoms with Crippen molar-refractivity contribution in [1.82, 2.24) is 5.06 Å². The van der Waals surface area contributed by atoms with E-state index in [4.69, 9.17) is 0 Å². The van der Waals surface area contributed by atoms with Crippen LogP contribution in [-0.2, 0) is 13.1 Å². The quantitative estimate of drug-likeness (QED) is 0.483. The van der Waals surface area contributed by atoms with Gasteiger partial charge in [-0.3, -0.25) is 0 Å². The average molecular weight is 529 g/mol. The number of hydrogen-bond acceptors (Lipinski definition) is 2. The van der Waals surface area contributed by atoms with Crippen LogP contribution in [0.5, 0.6) is 0 Å². The molecule has 2 nitrogen and oxygen atoms in total. The summed E-state index contributed by atoms with van der Waals surface area (Å²) in [6, 6.07) is 11.7. The molecule has 0 heterocycles. The number of nitrogens with zero attached hydrogens (tertiary/aromatic N) is 1. The van der Waals surface area contributed by atoms with E-state index in [9.17, 15) is 5.21 Å². The Morgan fingerprint density at radius 2 is 1.00 bits per heavy atom. The molecule has 2 rings (SSSR count). The Kier molecular flexibility index (Phi) is 6.25. The van der Waals surface area contributed by atoms with Gasteiger partial charge in [0.1, 0.15) is 0 Å². The standard InChI is InChI=1S/C14H11Br4NO/c15-11-3-1-4-12(16)9(11)7-19(20)8-10-13(17)5-2-6-14(10)18/h1-6,20H,7-8H2. The predicted octanol–water partition coefficient (Wildman–Crippen LogP) is 6.13. The first kappa shape index (κ1) is 16.6. The molecule has 0 saturated carbocycles. The van der Waals surface area contributed by atoms with Crippen LogP contribution in [-0.4, -0.2) is 10.3 Å². The Labute approximate surface area is 151 Å². The van der Waals surface area contributed by atoms with Gasteiger partial charge in [0, 0.05) is 17.9 Å². The first-order chi connectivity index (χ1) is 9.49. The van der Waals surface area contributed by atoms with Gasteiger partial charge in [-0.15, -0.1) is 0 Å². The maximum atomic E-state index is 10.2. The molecule has 0 radical (unpaired) electrons. The second-order valence-electron chi connectivity index (χ2n) is 4.22. The van der Waals surface area contributed by atoms with Crippen LogP contribution in [0.15, 0.2) is 54.3 Å². The minimum atomic E-state index is 0.426. The number of benzene rings is 2. The lowest BCUT2D eigenvalue weighted by Crippen LogP contribution is -2.19. The summed E-state index contributed by atoms with van der Waals surface area (Å²) in [4.78, 5) is 0. The van der Waals surface area contributed by atoms with Gasteiger partial charge in [0.2, 0.25) is 0 Å². The summed E-state index contributed by atoms with van der Waals surface area (Å²) in [6.07, 6.45) is 0. The van der Waals surface area contributed by atoms with Gasteiger partial charge in [-0.1, -0.05) is 75.9 Å². The summed E-state index contributed by atoms with van der Waals surface area (Å²) in [5.74, 6) is 0. The molecular formula is C14H11Br4NO. The van der Waals surface area contributed by atoms with E-state index < -0.39 is 0 Å². The van der Waals surface area contributed by atoms with E-state index in [0.717, 1.165) is 29.0 Å². The molecule has 0 bridgehead atoms. The van der Waals surface area contributed by atoms with Gasteiger partial charge in [-0.25, -0.2) is 0 Å². The molecule has 0 amide bonds. The minimum Gasteiger partial charge on any atom is -0.313 e. The van der Waals surface area contributed by atoms with Crippen molar-refractivity contribution in [3.63, 3.8) is 0 Å². The molecule has 2 aromatic rings. The second-order valence-corrected chi connectivity index (χ2v) is 7.64. The Hall–Kier alpha value is 0.280. The zero-order valence-electron chi connectivity index (χ0n) is 10.3. The van der Waals surface area contributed by atoms with Gasteiger partial charge in [-0.2, -0.15) is 5.06 Å². The maximum Gasteiger partial charge on any atom is 0.0514 e. The highest BCUT2D eigenvalue weighted by molar-refractivity contribution is 9.11. The topological polar surface area (TPSA) is 23.5 Å². The van der Waals surface area contributed by atoms with Crippen LogP contribution < -0.4 is 0 Å². The third-order valence-corrected chi connectivity index (χ3v) is 5.78. The third kappa shape index (κ3) is 4.15. The summed E-state index contributed by atoms with van der Waals surface area (Å²) >= 11 is 14.0. The number of hydrogen-bond donors (Lipinski definition) is 1. The summed E-state index contributed by atoms with van der Waals surface area (Å²) in [5, 5.41) is 11.5. The molecule has 0 aliphatic heterocycles. The molecule has 0 atom stereocenters. The third-order valence-electron chi connectivity index (χ3n) is 2.80. The summed E-state index contributed by atoms with van der Waals surface area (Å²) in [5.41, 5.74) is 2.02. The lowest BCUT2D eigenvalue weighted by atomic mass is 10.2. The van der Waals surface area contributed by atoms with Crippen molar-refractivity contribution in [1.29, 1.82) is 0 Å². The van der Waals surface area contributed by atoms with Gasteiger partial charge < -0.3 is 5.21 Å². The highest BCUT2D eigenvalue weighted by Gasteiger charge is 2.13. The monoisotopic (exact) mass is 525 g/mol. The lowest BCUT2D eigenvalue weighted by Gasteiger charge is -2.18. The van der Waals surface area contributed by atoms with Crippen molar-refractivity contribution in [2.75, 3.05) is 0 Å². The van der Waals surface area contributed by atoms with Crippen molar-refractivity contribution in [2.45, 2.75) is 13.1 Å². The molecule has 0 fully saturated rings. The molecule has 0 spiro atoms. The smallest absolute Gasteiger partial charge is 0.0514 e. The van der Waals surface area contributed by atoms with Gasteiger partial charge in [0.15, 0.2) is 0 Å². The lowest BCUT2D eigenvalue weighted by molar-refractivity contribution is -0.108. The van der Waals surface area contributed by atoms with Crippen LogP contribution in [0.1, 0.15) is 11.1 Å². The number of hydroxylamine groups is 2. The van der Waals surface area contributed by atoms with Crippen LogP contribution in [0.2, 0.25) is 0 Å². The number of rotatable bonds is 4. The Bertz CT molecular complexity index is 524. The highest BCUT2D eigenvalue weighted by Crippen LogP contribution is 2.29. The molecule has 0 saturated heterocycles. The van der Waals surface area contributed by atoms with Crippen LogP contribution in [0.3, 0.4) is 0 Å². The van der Waals surface area contributed by atoms with Gasteiger partial charge in [-0.05, 0) is 35.4 Å². The van der Waals surface area contributed by atoms with Crippen molar-refractivity contribution in [3.05, 3.63) is 65.4 Å². The van der Waals surface area contributed by atoms with Crippen LogP contribution in [0.4, 0.5) is 0 Å². The van der Waals surface area contributed by atoms with Gasteiger partial charge >= 0.3 is 0 Å². The van der Waals surface area contributed by atoms with E-state index in [1.165, 1.54) is 5.06 Å². The fourth-order valence-corrected chi connectivity index (χ4v) is 4.29. The molecule has 1 N–H and O–H groups in total. The largest absolute Gasteiger partial charge is 0.313 e. The van der Waals surface area contributed by atoms with Crippen molar-refractivity contribution >= 4 is 63.7 Å². The van der Waals surface area contributed by atoms with E-state index >= 15 is 0 Å². The second kappa shape index (κ2) is 7.51. The van der Waals surface area contributed by atoms with E-state index in [1.54, 1.807) is 0 Å². The van der Waals surface area contributed by atoms with E-state index in [0.29, 0.717) is 13.1 Å². The summed E-state index contributed by atoms with van der Waals surface area (Å²) in [7, 11) is 0. The molecule has 106 valence electrons. The SMILES string of the molecule is ON(Cc1c(Br)cccc1Br)Cc1c(Br)cccc1Br. The first-order valence-electron chi connectivity index (χ1n) is 5.78. The zero-order valence-corrected chi connectivity index (χ0v) is 16.6. The molecular weight excluding hydrogens is 518 g/mol. The van der Waals surface area contributed by atoms with Crippen molar-refractivity contribution in [3.8, 4) is 0 Å². The van der Waals surface area contributed by atoms with Crippen LogP contribution in [0.25, 0.3) is 0 Å². The first-order valence-corrected chi connectivity index (χ1v) is 8.96. The molecule has 2 aromatic carbocycles. The van der Waals surface area contributed by atoms with E-state index in [2.05, 4.69) is 63.7 Å². The van der Waals surface area contributed by atoms with E-state index in [-0.39, 0.29) is 0 Å². The summed E-state index contributed by atoms with van der Waals surface area (Å²) in [6.45, 7) is 0.853. The Balaban J connectivity index is 2.15. The Morgan fingerprint density at radius 3 is 1.30 bits per heavy atom. The highest BCUT2D eigenvalue weighted by atomic mass is 79.9. The van der Waals surface area contributed by atoms with Crippen molar-refractivity contribution in [2.24, 2.45) is 0 Å². The number of halogens is 4. The average Bonchev–Trinajstić information content (AvgIpc) is 2.39. The molecule has 0 unspecified atom stereocenters. The molecule has 20 heavy (non-hydrogen) atoms. The van der Waals surface area contributed by atoms with Crippen LogP contribution in [0, 0.1) is 0 Å². The normalized spacial score (nSPS) is 11.1. The fraction of sp³-hybridized carbons (Fsp3) is 0.143. The molecule has 0 aliphatic carbocycles. The summed E-state index contributed by atoms with van der Waals surface area (Å²) < 4.78 is 3.88. The van der Waals surface area contributed by atoms with Gasteiger partial charge in [0.05, 0.1) is 13.1 Å². The Morgan fingerprint density at radius 1 is 0.700 bits per heavy atom. The molecule has 0 aliphatic rings. The minimum absolute atomic E-state index is 0.426. The fourth-order valence-electron chi connectivity index (χ4n) is 1.79. The molecule has 0 aromatic heterocycles. The molecule has 6 heteroatoms. The van der Waals surface area contributed by atoms with E-state index in [1.807, 2.05) is 36.4 Å². The predicted molar refractivity (Wildman–Crippen MR) is 94.7 cm³/mol. The maximum absolute atomic E-state index is 10.2. The van der Waals surface area contributed by atoms with Gasteiger partial charge in [0.25, 0.3) is 0 Å². The van der Waals surface area contributed by atoms with Crippen molar-refractivity contribution < 1.29 is 5.21 Å².